The summed E-state index contributed by atoms with van der Waals surface area (Å²) in [4.78, 5) is 0. The molecule has 2 atom stereocenters. The van der Waals surface area contributed by atoms with Gasteiger partial charge in [0.05, 0.1) is 0 Å². The summed E-state index contributed by atoms with van der Waals surface area (Å²) in [7, 11) is 0. The fourth-order valence-electron chi connectivity index (χ4n) is 2.22. The van der Waals surface area contributed by atoms with Crippen molar-refractivity contribution in [1.29, 1.82) is 0 Å². The minimum Gasteiger partial charge on any atom is -0.162 e. The fourth-order valence-corrected chi connectivity index (χ4v) is 3.93. The van der Waals surface area contributed by atoms with E-state index in [2.05, 4.69) is 58.9 Å². The zero-order chi connectivity index (χ0) is 10.7. The number of hydrogen-bond acceptors (Lipinski definition) is 1. The molecule has 0 nitrogen and oxygen atoms in total. The number of rotatable bonds is 2. The summed E-state index contributed by atoms with van der Waals surface area (Å²) in [5, 5.41) is 0. The van der Waals surface area contributed by atoms with Crippen LogP contribution < -0.4 is 0 Å². The highest BCUT2D eigenvalue weighted by atomic mass is 79.9. The van der Waals surface area contributed by atoms with E-state index in [0.717, 1.165) is 5.92 Å². The van der Waals surface area contributed by atoms with Crippen LogP contribution in [0.4, 0.5) is 0 Å². The van der Waals surface area contributed by atoms with Crippen LogP contribution >= 0.6 is 27.7 Å². The Balaban J connectivity index is 2.08. The van der Waals surface area contributed by atoms with Crippen LogP contribution in [0.3, 0.4) is 0 Å². The normalized spacial score (nSPS) is 23.7. The summed E-state index contributed by atoms with van der Waals surface area (Å²) >= 11 is 5.67. The van der Waals surface area contributed by atoms with Gasteiger partial charge in [-0.2, -0.15) is 11.8 Å². The van der Waals surface area contributed by atoms with E-state index in [4.69, 9.17) is 0 Å². The molecule has 1 aromatic carbocycles. The van der Waals surface area contributed by atoms with E-state index in [-0.39, 0.29) is 0 Å². The molecule has 2 heteroatoms. The number of benzene rings is 1. The molecule has 15 heavy (non-hydrogen) atoms. The summed E-state index contributed by atoms with van der Waals surface area (Å²) < 4.78 is 1.20. The summed E-state index contributed by atoms with van der Waals surface area (Å²) in [6.45, 7) is 2.37. The van der Waals surface area contributed by atoms with Gasteiger partial charge in [0.15, 0.2) is 0 Å². The average molecular weight is 285 g/mol. The fraction of sp³-hybridized carbons (Fsp3) is 0.538. The van der Waals surface area contributed by atoms with Crippen molar-refractivity contribution in [1.82, 2.24) is 0 Å². The summed E-state index contributed by atoms with van der Waals surface area (Å²) in [6.07, 6.45) is 2.80. The SMILES string of the molecule is CC(c1cccc(Br)c1)C1CCCSC1. The van der Waals surface area contributed by atoms with Gasteiger partial charge in [0, 0.05) is 4.47 Å². The molecule has 82 valence electrons. The van der Waals surface area contributed by atoms with Crippen LogP contribution in [0.15, 0.2) is 28.7 Å². The third kappa shape index (κ3) is 3.01. The monoisotopic (exact) mass is 284 g/mol. The largest absolute Gasteiger partial charge is 0.162 e. The molecule has 0 amide bonds. The third-order valence-electron chi connectivity index (χ3n) is 3.28. The molecule has 1 fully saturated rings. The molecular weight excluding hydrogens is 268 g/mol. The van der Waals surface area contributed by atoms with E-state index in [0.29, 0.717) is 5.92 Å². The first-order chi connectivity index (χ1) is 7.27. The van der Waals surface area contributed by atoms with Crippen molar-refractivity contribution in [3.8, 4) is 0 Å². The van der Waals surface area contributed by atoms with Crippen molar-refractivity contribution in [2.75, 3.05) is 11.5 Å². The van der Waals surface area contributed by atoms with Crippen LogP contribution in [0.2, 0.25) is 0 Å². The highest BCUT2D eigenvalue weighted by molar-refractivity contribution is 9.10. The zero-order valence-corrected chi connectivity index (χ0v) is 11.5. The molecular formula is C13H17BrS. The van der Waals surface area contributed by atoms with Crippen molar-refractivity contribution >= 4 is 27.7 Å². The lowest BCUT2D eigenvalue weighted by Gasteiger charge is -2.27. The predicted octanol–water partition coefficient (Wildman–Crippen LogP) is 4.70. The lowest BCUT2D eigenvalue weighted by Crippen LogP contribution is -2.17. The molecule has 0 aromatic heterocycles. The van der Waals surface area contributed by atoms with Gasteiger partial charge in [-0.3, -0.25) is 0 Å². The summed E-state index contributed by atoms with van der Waals surface area (Å²) in [5.41, 5.74) is 1.48. The van der Waals surface area contributed by atoms with E-state index in [1.165, 1.54) is 34.4 Å². The lowest BCUT2D eigenvalue weighted by molar-refractivity contribution is 0.448. The second kappa shape index (κ2) is 5.40. The molecule has 2 rings (SSSR count). The first kappa shape index (κ1) is 11.5. The summed E-state index contributed by atoms with van der Waals surface area (Å²) in [5.74, 6) is 4.28. The molecule has 0 spiro atoms. The van der Waals surface area contributed by atoms with Crippen LogP contribution in [0.1, 0.15) is 31.2 Å². The Bertz CT molecular complexity index is 318. The third-order valence-corrected chi connectivity index (χ3v) is 5.01. The van der Waals surface area contributed by atoms with Crippen molar-refractivity contribution in [2.24, 2.45) is 5.92 Å². The van der Waals surface area contributed by atoms with Crippen LogP contribution in [-0.4, -0.2) is 11.5 Å². The van der Waals surface area contributed by atoms with Gasteiger partial charge in [-0.25, -0.2) is 0 Å². The van der Waals surface area contributed by atoms with E-state index in [1.54, 1.807) is 0 Å². The molecule has 1 aliphatic heterocycles. The van der Waals surface area contributed by atoms with E-state index < -0.39 is 0 Å². The molecule has 0 radical (unpaired) electrons. The Morgan fingerprint density at radius 3 is 3.00 bits per heavy atom. The maximum absolute atomic E-state index is 3.55. The van der Waals surface area contributed by atoms with Crippen LogP contribution in [0.5, 0.6) is 0 Å². The predicted molar refractivity (Wildman–Crippen MR) is 72.6 cm³/mol. The minimum absolute atomic E-state index is 0.704. The minimum atomic E-state index is 0.704. The molecule has 1 aliphatic rings. The Labute approximate surface area is 105 Å². The average Bonchev–Trinajstić information content (AvgIpc) is 2.29. The number of halogens is 1. The van der Waals surface area contributed by atoms with Gasteiger partial charge in [-0.05, 0) is 53.9 Å². The maximum atomic E-state index is 3.55. The van der Waals surface area contributed by atoms with Gasteiger partial charge in [-0.15, -0.1) is 0 Å². The van der Waals surface area contributed by atoms with E-state index in [1.807, 2.05) is 0 Å². The van der Waals surface area contributed by atoms with Crippen molar-refractivity contribution in [2.45, 2.75) is 25.7 Å². The Morgan fingerprint density at radius 1 is 1.47 bits per heavy atom. The molecule has 1 saturated heterocycles. The zero-order valence-electron chi connectivity index (χ0n) is 9.08. The van der Waals surface area contributed by atoms with Gasteiger partial charge >= 0.3 is 0 Å². The molecule has 0 N–H and O–H groups in total. The van der Waals surface area contributed by atoms with E-state index in [9.17, 15) is 0 Å². The van der Waals surface area contributed by atoms with Gasteiger partial charge in [0.1, 0.15) is 0 Å². The number of thioether (sulfide) groups is 1. The first-order valence-electron chi connectivity index (χ1n) is 5.60. The lowest BCUT2D eigenvalue weighted by atomic mass is 9.86. The van der Waals surface area contributed by atoms with Gasteiger partial charge in [0.25, 0.3) is 0 Å². The van der Waals surface area contributed by atoms with Gasteiger partial charge in [0.2, 0.25) is 0 Å². The molecule has 0 bridgehead atoms. The standard InChI is InChI=1S/C13H17BrS/c1-10(12-5-3-7-15-9-12)11-4-2-6-13(14)8-11/h2,4,6,8,10,12H,3,5,7,9H2,1H3. The Kier molecular flexibility index (Phi) is 4.15. The number of hydrogen-bond donors (Lipinski definition) is 0. The van der Waals surface area contributed by atoms with Crippen LogP contribution in [0.25, 0.3) is 0 Å². The van der Waals surface area contributed by atoms with Gasteiger partial charge in [-0.1, -0.05) is 35.0 Å². The Morgan fingerprint density at radius 2 is 2.33 bits per heavy atom. The molecule has 0 aliphatic carbocycles. The Hall–Kier alpha value is 0.0500. The second-order valence-corrected chi connectivity index (χ2v) is 6.39. The van der Waals surface area contributed by atoms with E-state index >= 15 is 0 Å². The van der Waals surface area contributed by atoms with Crippen molar-refractivity contribution in [3.63, 3.8) is 0 Å². The maximum Gasteiger partial charge on any atom is 0.0178 e. The molecule has 1 heterocycles. The highest BCUT2D eigenvalue weighted by Gasteiger charge is 2.21. The van der Waals surface area contributed by atoms with Crippen molar-refractivity contribution in [3.05, 3.63) is 34.3 Å². The quantitative estimate of drug-likeness (QED) is 0.759. The van der Waals surface area contributed by atoms with Crippen LogP contribution in [0, 0.1) is 5.92 Å². The topological polar surface area (TPSA) is 0 Å². The molecule has 2 unspecified atom stereocenters. The second-order valence-electron chi connectivity index (χ2n) is 4.32. The first-order valence-corrected chi connectivity index (χ1v) is 7.55. The molecule has 0 saturated carbocycles. The van der Waals surface area contributed by atoms with Crippen LogP contribution in [-0.2, 0) is 0 Å². The molecule has 1 aromatic rings. The summed E-state index contributed by atoms with van der Waals surface area (Å²) in [6, 6.07) is 8.77. The highest BCUT2D eigenvalue weighted by Crippen LogP contribution is 2.34. The smallest absolute Gasteiger partial charge is 0.0178 e. The van der Waals surface area contributed by atoms with Gasteiger partial charge < -0.3 is 0 Å². The van der Waals surface area contributed by atoms with Crippen molar-refractivity contribution < 1.29 is 0 Å².